The molecule has 1 heterocycles. The number of aryl methyl sites for hydroxylation is 1. The molecule has 4 nitrogen and oxygen atoms in total. The highest BCUT2D eigenvalue weighted by Crippen LogP contribution is 2.36. The SMILES string of the molecule is Cc1ccc(S(=O)(=O)N2CCCC(C)(C)CC2/C=C/c2ccc(OC(F)(F)F)cc2)cc1. The molecule has 1 aliphatic heterocycles. The summed E-state index contributed by atoms with van der Waals surface area (Å²) in [5, 5.41) is 0. The molecule has 0 saturated carbocycles. The van der Waals surface area contributed by atoms with Crippen LogP contribution in [0.15, 0.2) is 59.5 Å². The number of benzene rings is 2. The zero-order valence-electron chi connectivity index (χ0n) is 18.4. The van der Waals surface area contributed by atoms with Crippen molar-refractivity contribution >= 4 is 16.1 Å². The van der Waals surface area contributed by atoms with Crippen LogP contribution in [0.1, 0.15) is 44.2 Å². The Morgan fingerprint density at radius 1 is 1.06 bits per heavy atom. The van der Waals surface area contributed by atoms with Gasteiger partial charge in [-0.15, -0.1) is 13.2 Å². The predicted molar refractivity (Wildman–Crippen MR) is 119 cm³/mol. The Labute approximate surface area is 187 Å². The van der Waals surface area contributed by atoms with E-state index in [2.05, 4.69) is 18.6 Å². The maximum absolute atomic E-state index is 13.4. The first-order chi connectivity index (χ1) is 14.9. The number of sulfonamides is 1. The summed E-state index contributed by atoms with van der Waals surface area (Å²) in [4.78, 5) is 0.259. The van der Waals surface area contributed by atoms with E-state index >= 15 is 0 Å². The van der Waals surface area contributed by atoms with Gasteiger partial charge in [0.25, 0.3) is 0 Å². The molecule has 0 aromatic heterocycles. The molecule has 1 aliphatic rings. The van der Waals surface area contributed by atoms with Crippen molar-refractivity contribution in [1.29, 1.82) is 0 Å². The Morgan fingerprint density at radius 3 is 2.28 bits per heavy atom. The molecule has 0 N–H and O–H groups in total. The van der Waals surface area contributed by atoms with E-state index in [4.69, 9.17) is 0 Å². The minimum Gasteiger partial charge on any atom is -0.406 e. The van der Waals surface area contributed by atoms with E-state index in [0.29, 0.717) is 18.5 Å². The second-order valence-electron chi connectivity index (χ2n) is 8.94. The van der Waals surface area contributed by atoms with Crippen LogP contribution < -0.4 is 4.74 Å². The highest BCUT2D eigenvalue weighted by molar-refractivity contribution is 7.89. The van der Waals surface area contributed by atoms with Crippen LogP contribution in [0.2, 0.25) is 0 Å². The lowest BCUT2D eigenvalue weighted by molar-refractivity contribution is -0.274. The molecule has 1 saturated heterocycles. The van der Waals surface area contributed by atoms with Gasteiger partial charge in [0, 0.05) is 12.6 Å². The molecule has 0 spiro atoms. The van der Waals surface area contributed by atoms with Crippen molar-refractivity contribution in [1.82, 2.24) is 4.31 Å². The maximum atomic E-state index is 13.4. The summed E-state index contributed by atoms with van der Waals surface area (Å²) in [6.45, 7) is 6.56. The topological polar surface area (TPSA) is 46.6 Å². The Balaban J connectivity index is 1.88. The first kappa shape index (κ1) is 24.3. The van der Waals surface area contributed by atoms with E-state index in [0.717, 1.165) is 18.4 Å². The largest absolute Gasteiger partial charge is 0.573 e. The van der Waals surface area contributed by atoms with Crippen molar-refractivity contribution in [2.75, 3.05) is 6.54 Å². The highest BCUT2D eigenvalue weighted by Gasteiger charge is 2.36. The van der Waals surface area contributed by atoms with Gasteiger partial charge in [0.15, 0.2) is 0 Å². The van der Waals surface area contributed by atoms with E-state index in [1.54, 1.807) is 34.6 Å². The summed E-state index contributed by atoms with van der Waals surface area (Å²) in [5.41, 5.74) is 1.60. The zero-order valence-corrected chi connectivity index (χ0v) is 19.2. The Kier molecular flexibility index (Phi) is 7.05. The van der Waals surface area contributed by atoms with E-state index in [1.165, 1.54) is 24.3 Å². The molecule has 0 aliphatic carbocycles. The number of rotatable bonds is 5. The van der Waals surface area contributed by atoms with Crippen LogP contribution in [0, 0.1) is 12.3 Å². The fourth-order valence-corrected chi connectivity index (χ4v) is 5.58. The number of alkyl halides is 3. The number of halogens is 3. The summed E-state index contributed by atoms with van der Waals surface area (Å²) < 4.78 is 69.4. The van der Waals surface area contributed by atoms with E-state index in [9.17, 15) is 21.6 Å². The molecule has 1 unspecified atom stereocenters. The van der Waals surface area contributed by atoms with Crippen molar-refractivity contribution in [3.05, 3.63) is 65.7 Å². The molecular formula is C24H28F3NO3S. The number of hydrogen-bond donors (Lipinski definition) is 0. The van der Waals surface area contributed by atoms with Crippen molar-refractivity contribution in [3.63, 3.8) is 0 Å². The van der Waals surface area contributed by atoms with Crippen LogP contribution in [0.3, 0.4) is 0 Å². The number of ether oxygens (including phenoxy) is 1. The van der Waals surface area contributed by atoms with E-state index in [1.807, 2.05) is 13.0 Å². The van der Waals surface area contributed by atoms with Gasteiger partial charge in [-0.2, -0.15) is 4.31 Å². The minimum atomic E-state index is -4.74. The lowest BCUT2D eigenvalue weighted by atomic mass is 9.83. The van der Waals surface area contributed by atoms with Crippen molar-refractivity contribution in [2.45, 2.75) is 57.3 Å². The quantitative estimate of drug-likeness (QED) is 0.528. The van der Waals surface area contributed by atoms with Crippen LogP contribution in [-0.4, -0.2) is 31.7 Å². The van der Waals surface area contributed by atoms with Gasteiger partial charge in [-0.3, -0.25) is 0 Å². The molecule has 2 aromatic rings. The van der Waals surface area contributed by atoms with Crippen LogP contribution in [0.25, 0.3) is 6.08 Å². The van der Waals surface area contributed by atoms with Gasteiger partial charge in [-0.1, -0.05) is 55.8 Å². The van der Waals surface area contributed by atoms with Gasteiger partial charge in [0.1, 0.15) is 5.75 Å². The summed E-state index contributed by atoms with van der Waals surface area (Å²) in [5.74, 6) is -0.297. The van der Waals surface area contributed by atoms with Gasteiger partial charge in [0.05, 0.1) is 4.90 Å². The number of hydrogen-bond acceptors (Lipinski definition) is 3. The van der Waals surface area contributed by atoms with Gasteiger partial charge in [0.2, 0.25) is 10.0 Å². The van der Waals surface area contributed by atoms with Crippen LogP contribution in [-0.2, 0) is 10.0 Å². The summed E-state index contributed by atoms with van der Waals surface area (Å²) in [6.07, 6.45) is 1.14. The molecule has 8 heteroatoms. The first-order valence-electron chi connectivity index (χ1n) is 10.5. The van der Waals surface area contributed by atoms with Gasteiger partial charge in [-0.05, 0) is 61.4 Å². The lowest BCUT2D eigenvalue weighted by Gasteiger charge is -2.30. The lowest BCUT2D eigenvalue weighted by Crippen LogP contribution is -2.39. The average Bonchev–Trinajstić information content (AvgIpc) is 2.84. The van der Waals surface area contributed by atoms with Crippen LogP contribution in [0.4, 0.5) is 13.2 Å². The smallest absolute Gasteiger partial charge is 0.406 e. The number of nitrogens with zero attached hydrogens (tertiary/aromatic N) is 1. The fourth-order valence-electron chi connectivity index (χ4n) is 3.96. The third-order valence-corrected chi connectivity index (χ3v) is 7.55. The predicted octanol–water partition coefficient (Wildman–Crippen LogP) is 6.18. The fraction of sp³-hybridized carbons (Fsp3) is 0.417. The van der Waals surface area contributed by atoms with Crippen molar-refractivity contribution in [3.8, 4) is 5.75 Å². The molecule has 0 radical (unpaired) electrons. The normalized spacial score (nSPS) is 20.2. The standard InChI is InChI=1S/C24H28F3NO3S/c1-18-5-13-22(14-6-18)32(29,30)28-16-4-15-23(2,3)17-20(28)10-7-19-8-11-21(12-9-19)31-24(25,26)27/h5-14,20H,4,15-17H2,1-3H3/b10-7+. The van der Waals surface area contributed by atoms with E-state index in [-0.39, 0.29) is 22.1 Å². The molecule has 2 aromatic carbocycles. The van der Waals surface area contributed by atoms with Gasteiger partial charge in [-0.25, -0.2) is 8.42 Å². The Bertz CT molecular complexity index is 1040. The molecule has 32 heavy (non-hydrogen) atoms. The van der Waals surface area contributed by atoms with Gasteiger partial charge < -0.3 is 4.74 Å². The maximum Gasteiger partial charge on any atom is 0.573 e. The second-order valence-corrected chi connectivity index (χ2v) is 10.8. The van der Waals surface area contributed by atoms with Gasteiger partial charge >= 0.3 is 6.36 Å². The van der Waals surface area contributed by atoms with Crippen LogP contribution >= 0.6 is 0 Å². The molecule has 0 bridgehead atoms. The minimum absolute atomic E-state index is 0.0447. The second kappa shape index (κ2) is 9.27. The molecule has 0 amide bonds. The Morgan fingerprint density at radius 2 is 1.69 bits per heavy atom. The average molecular weight is 468 g/mol. The zero-order chi connectivity index (χ0) is 23.6. The van der Waals surface area contributed by atoms with Crippen molar-refractivity contribution in [2.24, 2.45) is 5.41 Å². The summed E-state index contributed by atoms with van der Waals surface area (Å²) in [6, 6.07) is 12.0. The summed E-state index contributed by atoms with van der Waals surface area (Å²) in [7, 11) is -3.70. The Hall–Kier alpha value is -2.32. The summed E-state index contributed by atoms with van der Waals surface area (Å²) >= 11 is 0. The monoisotopic (exact) mass is 467 g/mol. The first-order valence-corrected chi connectivity index (χ1v) is 11.9. The van der Waals surface area contributed by atoms with Crippen LogP contribution in [0.5, 0.6) is 5.75 Å². The molecule has 1 atom stereocenters. The molecule has 3 rings (SSSR count). The third-order valence-electron chi connectivity index (χ3n) is 5.62. The molecular weight excluding hydrogens is 439 g/mol. The molecule has 174 valence electrons. The molecule has 1 fully saturated rings. The van der Waals surface area contributed by atoms with E-state index < -0.39 is 16.4 Å². The third kappa shape index (κ3) is 6.36. The van der Waals surface area contributed by atoms with Crippen molar-refractivity contribution < 1.29 is 26.3 Å². The highest BCUT2D eigenvalue weighted by atomic mass is 32.2.